The lowest BCUT2D eigenvalue weighted by molar-refractivity contribution is 0.0745. The molecule has 3 nitrogen and oxygen atoms in total. The molecule has 1 saturated heterocycles. The van der Waals surface area contributed by atoms with Crippen molar-refractivity contribution in [2.75, 3.05) is 13.2 Å². The van der Waals surface area contributed by atoms with Gasteiger partial charge in [0.1, 0.15) is 0 Å². The predicted octanol–water partition coefficient (Wildman–Crippen LogP) is 1.21. The number of rotatable bonds is 2. The van der Waals surface area contributed by atoms with Crippen molar-refractivity contribution in [2.24, 2.45) is 5.92 Å². The quantitative estimate of drug-likeness (QED) is 0.753. The molecule has 0 aromatic carbocycles. The van der Waals surface area contributed by atoms with Gasteiger partial charge >= 0.3 is 0 Å². The van der Waals surface area contributed by atoms with Crippen molar-refractivity contribution in [1.29, 1.82) is 0 Å². The van der Waals surface area contributed by atoms with Gasteiger partial charge in [-0.3, -0.25) is 4.98 Å². The van der Waals surface area contributed by atoms with Crippen LogP contribution in [-0.2, 0) is 4.74 Å². The van der Waals surface area contributed by atoms with E-state index in [4.69, 9.17) is 9.84 Å². The second-order valence-corrected chi connectivity index (χ2v) is 3.84. The van der Waals surface area contributed by atoms with E-state index >= 15 is 0 Å². The first-order valence-electron chi connectivity index (χ1n) is 4.02. The lowest BCUT2D eigenvalue weighted by Crippen LogP contribution is -2.09. The normalized spacial score (nSPS) is 29.4. The van der Waals surface area contributed by atoms with Gasteiger partial charge in [0.25, 0.3) is 0 Å². The minimum atomic E-state index is 0.0856. The fourth-order valence-electron chi connectivity index (χ4n) is 1.50. The van der Waals surface area contributed by atoms with Crippen LogP contribution in [0.4, 0.5) is 0 Å². The Labute approximate surface area is 75.0 Å². The third-order valence-corrected chi connectivity index (χ3v) is 3.02. The summed E-state index contributed by atoms with van der Waals surface area (Å²) in [5, 5.41) is 9.04. The van der Waals surface area contributed by atoms with Crippen LogP contribution in [0.5, 0.6) is 0 Å². The van der Waals surface area contributed by atoms with Gasteiger partial charge in [-0.1, -0.05) is 0 Å². The molecule has 12 heavy (non-hydrogen) atoms. The lowest BCUT2D eigenvalue weighted by atomic mass is 10.0. The van der Waals surface area contributed by atoms with E-state index < -0.39 is 0 Å². The summed E-state index contributed by atoms with van der Waals surface area (Å²) in [5.41, 5.74) is 1.80. The molecule has 2 heterocycles. The van der Waals surface area contributed by atoms with Crippen molar-refractivity contribution in [3.05, 3.63) is 16.6 Å². The smallest absolute Gasteiger partial charge is 0.0983 e. The standard InChI is InChI=1S/C8H11NO2S/c10-4-6-1-2-11-8(6)7-3-9-5-12-7/h3,5-6,8,10H,1-2,4H2. The lowest BCUT2D eigenvalue weighted by Gasteiger charge is -2.13. The number of aliphatic hydroxyl groups is 1. The number of hydrogen-bond donors (Lipinski definition) is 1. The summed E-state index contributed by atoms with van der Waals surface area (Å²) < 4.78 is 5.51. The van der Waals surface area contributed by atoms with E-state index in [0.29, 0.717) is 0 Å². The van der Waals surface area contributed by atoms with Gasteiger partial charge in [0.2, 0.25) is 0 Å². The van der Waals surface area contributed by atoms with Crippen molar-refractivity contribution in [1.82, 2.24) is 4.98 Å². The zero-order valence-electron chi connectivity index (χ0n) is 6.64. The molecule has 0 radical (unpaired) electrons. The van der Waals surface area contributed by atoms with Crippen LogP contribution < -0.4 is 0 Å². The Morgan fingerprint density at radius 1 is 1.75 bits per heavy atom. The maximum Gasteiger partial charge on any atom is 0.0983 e. The van der Waals surface area contributed by atoms with Crippen LogP contribution in [0.3, 0.4) is 0 Å². The van der Waals surface area contributed by atoms with E-state index in [9.17, 15) is 0 Å². The average molecular weight is 185 g/mol. The minimum Gasteiger partial charge on any atom is -0.396 e. The number of hydrogen-bond acceptors (Lipinski definition) is 4. The second-order valence-electron chi connectivity index (χ2n) is 2.93. The maximum atomic E-state index is 9.04. The molecule has 1 aromatic heterocycles. The summed E-state index contributed by atoms with van der Waals surface area (Å²) in [5.74, 6) is 0.269. The van der Waals surface area contributed by atoms with E-state index in [1.165, 1.54) is 0 Å². The van der Waals surface area contributed by atoms with Crippen molar-refractivity contribution in [3.63, 3.8) is 0 Å². The Morgan fingerprint density at radius 3 is 3.33 bits per heavy atom. The molecule has 1 aliphatic rings. The summed E-state index contributed by atoms with van der Waals surface area (Å²) >= 11 is 1.59. The fourth-order valence-corrected chi connectivity index (χ4v) is 2.26. The zero-order chi connectivity index (χ0) is 8.39. The van der Waals surface area contributed by atoms with Gasteiger partial charge in [-0.2, -0.15) is 0 Å². The molecular formula is C8H11NO2S. The first-order chi connectivity index (χ1) is 5.92. The van der Waals surface area contributed by atoms with Crippen LogP contribution >= 0.6 is 11.3 Å². The molecule has 1 N–H and O–H groups in total. The summed E-state index contributed by atoms with van der Waals surface area (Å²) in [6, 6.07) is 0. The molecule has 0 amide bonds. The SMILES string of the molecule is OCC1CCOC1c1cncs1. The van der Waals surface area contributed by atoms with Crippen LogP contribution in [-0.4, -0.2) is 23.3 Å². The van der Waals surface area contributed by atoms with Gasteiger partial charge in [-0.05, 0) is 6.42 Å². The van der Waals surface area contributed by atoms with Crippen molar-refractivity contribution in [3.8, 4) is 0 Å². The molecule has 2 unspecified atom stereocenters. The monoisotopic (exact) mass is 185 g/mol. The van der Waals surface area contributed by atoms with Crippen LogP contribution in [0.25, 0.3) is 0 Å². The molecule has 1 fully saturated rings. The van der Waals surface area contributed by atoms with Gasteiger partial charge in [-0.25, -0.2) is 0 Å². The molecule has 1 aliphatic heterocycles. The Bertz CT molecular complexity index is 237. The van der Waals surface area contributed by atoms with E-state index in [-0.39, 0.29) is 18.6 Å². The molecule has 0 aliphatic carbocycles. The molecule has 66 valence electrons. The first-order valence-corrected chi connectivity index (χ1v) is 4.90. The minimum absolute atomic E-state index is 0.0856. The maximum absolute atomic E-state index is 9.04. The van der Waals surface area contributed by atoms with Crippen molar-refractivity contribution in [2.45, 2.75) is 12.5 Å². The molecule has 2 rings (SSSR count). The Balaban J connectivity index is 2.13. The number of aliphatic hydroxyl groups excluding tert-OH is 1. The first kappa shape index (κ1) is 8.16. The van der Waals surface area contributed by atoms with Crippen LogP contribution in [0.1, 0.15) is 17.4 Å². The predicted molar refractivity (Wildman–Crippen MR) is 46.0 cm³/mol. The van der Waals surface area contributed by atoms with Gasteiger partial charge in [0.15, 0.2) is 0 Å². The average Bonchev–Trinajstić information content (AvgIpc) is 2.74. The molecule has 1 aromatic rings. The Hall–Kier alpha value is -0.450. The Morgan fingerprint density at radius 2 is 2.67 bits per heavy atom. The number of nitrogens with zero attached hydrogens (tertiary/aromatic N) is 1. The topological polar surface area (TPSA) is 42.4 Å². The highest BCUT2D eigenvalue weighted by Gasteiger charge is 2.29. The number of aromatic nitrogens is 1. The van der Waals surface area contributed by atoms with Gasteiger partial charge < -0.3 is 9.84 Å². The zero-order valence-corrected chi connectivity index (χ0v) is 7.46. The highest BCUT2D eigenvalue weighted by molar-refractivity contribution is 7.09. The molecule has 0 saturated carbocycles. The van der Waals surface area contributed by atoms with E-state index in [0.717, 1.165) is 17.9 Å². The van der Waals surface area contributed by atoms with Gasteiger partial charge in [0, 0.05) is 25.3 Å². The summed E-state index contributed by atoms with van der Waals surface area (Å²) in [7, 11) is 0. The molecule has 2 atom stereocenters. The van der Waals surface area contributed by atoms with E-state index in [1.54, 1.807) is 16.8 Å². The van der Waals surface area contributed by atoms with Crippen molar-refractivity contribution >= 4 is 11.3 Å². The molecular weight excluding hydrogens is 174 g/mol. The van der Waals surface area contributed by atoms with Gasteiger partial charge in [0.05, 0.1) is 16.5 Å². The van der Waals surface area contributed by atoms with Crippen LogP contribution in [0, 0.1) is 5.92 Å². The molecule has 4 heteroatoms. The summed E-state index contributed by atoms with van der Waals surface area (Å²) in [6.07, 6.45) is 2.87. The highest BCUT2D eigenvalue weighted by Crippen LogP contribution is 2.35. The van der Waals surface area contributed by atoms with E-state index in [1.807, 2.05) is 6.20 Å². The highest BCUT2D eigenvalue weighted by atomic mass is 32.1. The number of thiazole rings is 1. The fraction of sp³-hybridized carbons (Fsp3) is 0.625. The third-order valence-electron chi connectivity index (χ3n) is 2.18. The molecule has 0 bridgehead atoms. The summed E-state index contributed by atoms with van der Waals surface area (Å²) in [4.78, 5) is 5.12. The van der Waals surface area contributed by atoms with Crippen molar-refractivity contribution < 1.29 is 9.84 Å². The summed E-state index contributed by atoms with van der Waals surface area (Å²) in [6.45, 7) is 0.969. The van der Waals surface area contributed by atoms with Crippen LogP contribution in [0.15, 0.2) is 11.7 Å². The van der Waals surface area contributed by atoms with Gasteiger partial charge in [-0.15, -0.1) is 11.3 Å². The largest absolute Gasteiger partial charge is 0.396 e. The third kappa shape index (κ3) is 1.37. The second kappa shape index (κ2) is 3.51. The Kier molecular flexibility index (Phi) is 2.39. The molecule has 0 spiro atoms. The number of ether oxygens (including phenoxy) is 1. The van der Waals surface area contributed by atoms with Crippen LogP contribution in [0.2, 0.25) is 0 Å². The van der Waals surface area contributed by atoms with E-state index in [2.05, 4.69) is 4.98 Å².